The van der Waals surface area contributed by atoms with Crippen LogP contribution in [-0.4, -0.2) is 37.0 Å². The van der Waals surface area contributed by atoms with Crippen molar-refractivity contribution in [2.24, 2.45) is 0 Å². The molecule has 0 saturated carbocycles. The second-order valence-corrected chi connectivity index (χ2v) is 13.0. The zero-order chi connectivity index (χ0) is 15.3. The molecule has 20 heavy (non-hydrogen) atoms. The van der Waals surface area contributed by atoms with Crippen LogP contribution >= 0.6 is 38.5 Å². The molecule has 8 heteroatoms. The standard InChI is InChI=1S/C12H20BrIN2O3Si/c1-5-19-12(17)10-9(13)11(14)16(15-10)8-18-6-7-20(2,3)4/h5-8H2,1-4H3. The summed E-state index contributed by atoms with van der Waals surface area (Å²) >= 11 is 5.50. The molecule has 0 amide bonds. The normalized spacial score (nSPS) is 11.7. The van der Waals surface area contributed by atoms with Crippen LogP contribution in [0.4, 0.5) is 0 Å². The molecule has 1 heterocycles. The average molecular weight is 475 g/mol. The zero-order valence-corrected chi connectivity index (χ0v) is 16.9. The van der Waals surface area contributed by atoms with E-state index >= 15 is 0 Å². The highest BCUT2D eigenvalue weighted by atomic mass is 127. The third-order valence-corrected chi connectivity index (χ3v) is 6.81. The molecule has 0 atom stereocenters. The number of hydrogen-bond acceptors (Lipinski definition) is 4. The number of carbonyl (C=O) groups excluding carboxylic acids is 1. The Morgan fingerprint density at radius 3 is 2.65 bits per heavy atom. The lowest BCUT2D eigenvalue weighted by Crippen LogP contribution is -2.22. The van der Waals surface area contributed by atoms with E-state index in [-0.39, 0.29) is 0 Å². The molecule has 114 valence electrons. The molecule has 0 bridgehead atoms. The van der Waals surface area contributed by atoms with Crippen LogP contribution in [0.5, 0.6) is 0 Å². The van der Waals surface area contributed by atoms with Gasteiger partial charge in [-0.05, 0) is 51.5 Å². The second-order valence-electron chi connectivity index (χ2n) is 5.52. The SMILES string of the molecule is CCOC(=O)c1nn(COCC[Si](C)(C)C)c(I)c1Br. The average Bonchev–Trinajstić information content (AvgIpc) is 2.62. The molecule has 0 N–H and O–H groups in total. The predicted molar refractivity (Wildman–Crippen MR) is 92.7 cm³/mol. The summed E-state index contributed by atoms with van der Waals surface area (Å²) in [5, 5.41) is 4.24. The predicted octanol–water partition coefficient (Wildman–Crippen LogP) is 3.74. The maximum Gasteiger partial charge on any atom is 0.360 e. The summed E-state index contributed by atoms with van der Waals surface area (Å²) in [4.78, 5) is 11.7. The van der Waals surface area contributed by atoms with Gasteiger partial charge in [0.05, 0.1) is 11.1 Å². The van der Waals surface area contributed by atoms with Crippen molar-refractivity contribution in [1.29, 1.82) is 0 Å². The Kier molecular flexibility index (Phi) is 7.16. The van der Waals surface area contributed by atoms with Gasteiger partial charge in [-0.25, -0.2) is 9.48 Å². The van der Waals surface area contributed by atoms with Gasteiger partial charge in [-0.15, -0.1) is 0 Å². The second kappa shape index (κ2) is 7.90. The van der Waals surface area contributed by atoms with Gasteiger partial charge in [0.25, 0.3) is 0 Å². The number of hydrogen-bond donors (Lipinski definition) is 0. The Bertz CT molecular complexity index is 474. The molecule has 0 aliphatic heterocycles. The maximum atomic E-state index is 11.7. The number of nitrogens with zero attached hydrogens (tertiary/aromatic N) is 2. The van der Waals surface area contributed by atoms with Crippen molar-refractivity contribution in [3.8, 4) is 0 Å². The molecule has 0 aliphatic carbocycles. The van der Waals surface area contributed by atoms with Gasteiger partial charge in [0.1, 0.15) is 10.4 Å². The van der Waals surface area contributed by atoms with Crippen molar-refractivity contribution in [3.05, 3.63) is 13.9 Å². The fourth-order valence-electron chi connectivity index (χ4n) is 1.36. The van der Waals surface area contributed by atoms with Crippen LogP contribution in [-0.2, 0) is 16.2 Å². The summed E-state index contributed by atoms with van der Waals surface area (Å²) in [6.45, 7) is 10.1. The van der Waals surface area contributed by atoms with Gasteiger partial charge in [0, 0.05) is 14.7 Å². The highest BCUT2D eigenvalue weighted by molar-refractivity contribution is 14.1. The van der Waals surface area contributed by atoms with Crippen LogP contribution in [0.25, 0.3) is 0 Å². The minimum absolute atomic E-state index is 0.296. The van der Waals surface area contributed by atoms with E-state index < -0.39 is 14.0 Å². The molecule has 0 unspecified atom stereocenters. The topological polar surface area (TPSA) is 53.3 Å². The first-order valence-electron chi connectivity index (χ1n) is 6.43. The number of carbonyl (C=O) groups is 1. The first-order chi connectivity index (χ1) is 9.26. The molecular formula is C12H20BrIN2O3Si. The molecule has 5 nitrogen and oxygen atoms in total. The van der Waals surface area contributed by atoms with E-state index in [0.717, 1.165) is 16.4 Å². The van der Waals surface area contributed by atoms with E-state index in [1.807, 2.05) is 0 Å². The first kappa shape index (κ1) is 18.1. The number of aromatic nitrogens is 2. The summed E-state index contributed by atoms with van der Waals surface area (Å²) in [7, 11) is -1.08. The quantitative estimate of drug-likeness (QED) is 0.261. The van der Waals surface area contributed by atoms with Crippen LogP contribution in [0.3, 0.4) is 0 Å². The molecule has 0 fully saturated rings. The zero-order valence-electron chi connectivity index (χ0n) is 12.2. The molecule has 1 aromatic heterocycles. The van der Waals surface area contributed by atoms with E-state index in [9.17, 15) is 4.79 Å². The van der Waals surface area contributed by atoms with Crippen molar-refractivity contribution in [3.63, 3.8) is 0 Å². The molecule has 1 rings (SSSR count). The Hall–Kier alpha value is 0.0669. The van der Waals surface area contributed by atoms with Gasteiger partial charge < -0.3 is 9.47 Å². The fourth-order valence-corrected chi connectivity index (χ4v) is 3.07. The van der Waals surface area contributed by atoms with Crippen molar-refractivity contribution in [1.82, 2.24) is 9.78 Å². The van der Waals surface area contributed by atoms with Gasteiger partial charge >= 0.3 is 5.97 Å². The lowest BCUT2D eigenvalue weighted by atomic mass is 10.4. The number of rotatable bonds is 7. The van der Waals surface area contributed by atoms with Gasteiger partial charge in [0.2, 0.25) is 0 Å². The Balaban J connectivity index is 2.63. The van der Waals surface area contributed by atoms with Crippen molar-refractivity contribution >= 4 is 52.6 Å². The minimum Gasteiger partial charge on any atom is -0.461 e. The van der Waals surface area contributed by atoms with Gasteiger partial charge in [-0.3, -0.25) is 0 Å². The highest BCUT2D eigenvalue weighted by Gasteiger charge is 2.21. The molecule has 0 aromatic carbocycles. The van der Waals surface area contributed by atoms with Gasteiger partial charge in [-0.2, -0.15) is 5.10 Å². The van der Waals surface area contributed by atoms with E-state index in [1.54, 1.807) is 11.6 Å². The summed E-state index contributed by atoms with van der Waals surface area (Å²) in [6, 6.07) is 1.11. The molecule has 0 radical (unpaired) electrons. The summed E-state index contributed by atoms with van der Waals surface area (Å²) < 4.78 is 13.8. The fraction of sp³-hybridized carbons (Fsp3) is 0.667. The molecule has 1 aromatic rings. The van der Waals surface area contributed by atoms with E-state index in [2.05, 4.69) is 63.3 Å². The van der Waals surface area contributed by atoms with E-state index in [1.165, 1.54) is 0 Å². The van der Waals surface area contributed by atoms with E-state index in [0.29, 0.717) is 23.5 Å². The molecular weight excluding hydrogens is 455 g/mol. The molecule has 0 saturated heterocycles. The maximum absolute atomic E-state index is 11.7. The van der Waals surface area contributed by atoms with Gasteiger partial charge in [-0.1, -0.05) is 19.6 Å². The third-order valence-electron chi connectivity index (χ3n) is 2.52. The first-order valence-corrected chi connectivity index (χ1v) is 12.0. The summed E-state index contributed by atoms with van der Waals surface area (Å²) in [5.74, 6) is -0.418. The lowest BCUT2D eigenvalue weighted by molar-refractivity contribution is 0.0509. The monoisotopic (exact) mass is 474 g/mol. The van der Waals surface area contributed by atoms with Crippen LogP contribution in [0.1, 0.15) is 17.4 Å². The van der Waals surface area contributed by atoms with Crippen molar-refractivity contribution < 1.29 is 14.3 Å². The number of ether oxygens (including phenoxy) is 2. The Morgan fingerprint density at radius 1 is 1.45 bits per heavy atom. The number of halogens is 2. The van der Waals surface area contributed by atoms with E-state index in [4.69, 9.17) is 9.47 Å². The van der Waals surface area contributed by atoms with Crippen LogP contribution in [0, 0.1) is 3.70 Å². The molecule has 0 spiro atoms. The largest absolute Gasteiger partial charge is 0.461 e. The molecule has 0 aliphatic rings. The van der Waals surface area contributed by atoms with Crippen LogP contribution in [0.2, 0.25) is 25.7 Å². The third kappa shape index (κ3) is 5.45. The lowest BCUT2D eigenvalue weighted by Gasteiger charge is -2.15. The smallest absolute Gasteiger partial charge is 0.360 e. The summed E-state index contributed by atoms with van der Waals surface area (Å²) in [5.41, 5.74) is 0.296. The van der Waals surface area contributed by atoms with Crippen LogP contribution in [0.15, 0.2) is 4.47 Å². The van der Waals surface area contributed by atoms with Crippen molar-refractivity contribution in [2.45, 2.75) is 39.3 Å². The van der Waals surface area contributed by atoms with Crippen LogP contribution < -0.4 is 0 Å². The van der Waals surface area contributed by atoms with Crippen molar-refractivity contribution in [2.75, 3.05) is 13.2 Å². The summed E-state index contributed by atoms with van der Waals surface area (Å²) in [6.07, 6.45) is 0. The number of esters is 1. The Morgan fingerprint density at radius 2 is 2.10 bits per heavy atom. The highest BCUT2D eigenvalue weighted by Crippen LogP contribution is 2.24. The minimum atomic E-state index is -1.08. The Labute approximate surface area is 142 Å². The van der Waals surface area contributed by atoms with Gasteiger partial charge in [0.15, 0.2) is 5.69 Å².